The van der Waals surface area contributed by atoms with Crippen LogP contribution in [0.1, 0.15) is 19.5 Å². The van der Waals surface area contributed by atoms with Gasteiger partial charge in [-0.25, -0.2) is 4.98 Å². The van der Waals surface area contributed by atoms with Crippen LogP contribution in [0.4, 0.5) is 5.69 Å². The second-order valence-electron chi connectivity index (χ2n) is 3.69. The number of amides is 1. The van der Waals surface area contributed by atoms with Gasteiger partial charge < -0.3 is 5.32 Å². The van der Waals surface area contributed by atoms with Crippen molar-refractivity contribution in [3.8, 4) is 0 Å². The molecule has 0 aromatic carbocycles. The first-order valence-electron chi connectivity index (χ1n) is 4.44. The lowest BCUT2D eigenvalue weighted by Crippen LogP contribution is -2.31. The van der Waals surface area contributed by atoms with Crippen LogP contribution >= 0.6 is 31.9 Å². The van der Waals surface area contributed by atoms with E-state index in [-0.39, 0.29) is 5.91 Å². The van der Waals surface area contributed by atoms with Crippen LogP contribution < -0.4 is 5.32 Å². The topological polar surface area (TPSA) is 42.0 Å². The number of carbonyl (C=O) groups is 1. The maximum atomic E-state index is 11.7. The summed E-state index contributed by atoms with van der Waals surface area (Å²) in [6.07, 6.45) is 0. The molecular weight excluding hydrogens is 324 g/mol. The van der Waals surface area contributed by atoms with Gasteiger partial charge >= 0.3 is 0 Å². The van der Waals surface area contributed by atoms with Crippen LogP contribution in [0.25, 0.3) is 0 Å². The predicted molar refractivity (Wildman–Crippen MR) is 68.3 cm³/mol. The molecule has 82 valence electrons. The van der Waals surface area contributed by atoms with E-state index in [1.165, 1.54) is 0 Å². The minimum Gasteiger partial charge on any atom is -0.323 e. The Morgan fingerprint density at radius 3 is 2.53 bits per heavy atom. The maximum absolute atomic E-state index is 11.7. The van der Waals surface area contributed by atoms with Crippen LogP contribution in [0, 0.1) is 6.92 Å². The van der Waals surface area contributed by atoms with E-state index in [9.17, 15) is 4.79 Å². The number of aromatic nitrogens is 1. The van der Waals surface area contributed by atoms with E-state index >= 15 is 0 Å². The van der Waals surface area contributed by atoms with Gasteiger partial charge in [-0.05, 0) is 48.8 Å². The van der Waals surface area contributed by atoms with Crippen molar-refractivity contribution in [3.05, 3.63) is 22.4 Å². The molecule has 15 heavy (non-hydrogen) atoms. The average Bonchev–Trinajstić information content (AvgIpc) is 2.08. The van der Waals surface area contributed by atoms with E-state index in [2.05, 4.69) is 42.2 Å². The quantitative estimate of drug-likeness (QED) is 0.665. The Labute approximate surface area is 106 Å². The van der Waals surface area contributed by atoms with Crippen molar-refractivity contribution in [2.45, 2.75) is 25.1 Å². The molecule has 0 fully saturated rings. The molecule has 0 spiro atoms. The number of anilines is 1. The van der Waals surface area contributed by atoms with Gasteiger partial charge in [-0.3, -0.25) is 4.79 Å². The number of halogens is 2. The van der Waals surface area contributed by atoms with Gasteiger partial charge in [-0.2, -0.15) is 0 Å². The molecule has 0 aliphatic rings. The normalized spacial score (nSPS) is 11.3. The van der Waals surface area contributed by atoms with E-state index in [0.29, 0.717) is 0 Å². The van der Waals surface area contributed by atoms with Crippen LogP contribution in [0.5, 0.6) is 0 Å². The summed E-state index contributed by atoms with van der Waals surface area (Å²) in [5.41, 5.74) is 1.52. The lowest BCUT2D eigenvalue weighted by Gasteiger charge is -2.16. The number of aryl methyl sites for hydroxylation is 1. The second kappa shape index (κ2) is 4.61. The number of alkyl halides is 1. The van der Waals surface area contributed by atoms with E-state index in [1.807, 2.05) is 13.0 Å². The molecule has 1 aromatic heterocycles. The first kappa shape index (κ1) is 12.6. The fraction of sp³-hybridized carbons (Fsp3) is 0.400. The zero-order chi connectivity index (χ0) is 11.6. The molecule has 0 aliphatic carbocycles. The summed E-state index contributed by atoms with van der Waals surface area (Å²) in [5.74, 6) is -0.0882. The third-order valence-electron chi connectivity index (χ3n) is 1.84. The number of nitrogens with one attached hydrogen (secondary N) is 1. The Kier molecular flexibility index (Phi) is 3.89. The fourth-order valence-corrected chi connectivity index (χ4v) is 1.43. The van der Waals surface area contributed by atoms with E-state index < -0.39 is 4.32 Å². The Morgan fingerprint density at radius 1 is 1.47 bits per heavy atom. The minimum absolute atomic E-state index is 0.0882. The van der Waals surface area contributed by atoms with Crippen LogP contribution in [-0.2, 0) is 4.79 Å². The van der Waals surface area contributed by atoms with Gasteiger partial charge in [-0.1, -0.05) is 15.9 Å². The van der Waals surface area contributed by atoms with Gasteiger partial charge in [0.15, 0.2) is 0 Å². The second-order valence-corrected chi connectivity index (χ2v) is 6.49. The summed E-state index contributed by atoms with van der Waals surface area (Å²) < 4.78 is 0.183. The van der Waals surface area contributed by atoms with Crippen molar-refractivity contribution in [1.82, 2.24) is 4.98 Å². The van der Waals surface area contributed by atoms with E-state index in [0.717, 1.165) is 16.0 Å². The SMILES string of the molecule is Cc1nc(Br)ccc1NC(=O)C(C)(C)Br. The highest BCUT2D eigenvalue weighted by molar-refractivity contribution is 9.10. The molecule has 0 atom stereocenters. The average molecular weight is 336 g/mol. The number of hydrogen-bond acceptors (Lipinski definition) is 2. The molecule has 1 aromatic rings. The molecule has 1 amide bonds. The van der Waals surface area contributed by atoms with E-state index in [1.54, 1.807) is 19.9 Å². The Bertz CT molecular complexity index is 385. The molecular formula is C10H12Br2N2O. The molecule has 0 aliphatic heterocycles. The Balaban J connectivity index is 2.87. The highest BCUT2D eigenvalue weighted by Crippen LogP contribution is 2.21. The third kappa shape index (κ3) is 3.57. The summed E-state index contributed by atoms with van der Waals surface area (Å²) >= 11 is 6.57. The first-order chi connectivity index (χ1) is 6.80. The van der Waals surface area contributed by atoms with Crippen LogP contribution in [0.3, 0.4) is 0 Å². The van der Waals surface area contributed by atoms with Crippen molar-refractivity contribution in [1.29, 1.82) is 0 Å². The monoisotopic (exact) mass is 334 g/mol. The van der Waals surface area contributed by atoms with Gasteiger partial charge in [0.05, 0.1) is 15.7 Å². The van der Waals surface area contributed by atoms with Gasteiger partial charge in [0.1, 0.15) is 4.60 Å². The van der Waals surface area contributed by atoms with Gasteiger partial charge in [0.25, 0.3) is 0 Å². The van der Waals surface area contributed by atoms with Crippen molar-refractivity contribution in [2.24, 2.45) is 0 Å². The van der Waals surface area contributed by atoms with Crippen molar-refractivity contribution in [3.63, 3.8) is 0 Å². The summed E-state index contributed by atoms with van der Waals surface area (Å²) in [6.45, 7) is 5.44. The molecule has 0 radical (unpaired) electrons. The van der Waals surface area contributed by atoms with E-state index in [4.69, 9.17) is 0 Å². The number of carbonyl (C=O) groups excluding carboxylic acids is 1. The molecule has 1 N–H and O–H groups in total. The van der Waals surface area contributed by atoms with Gasteiger partial charge in [-0.15, -0.1) is 0 Å². The van der Waals surface area contributed by atoms with Crippen molar-refractivity contribution >= 4 is 43.5 Å². The minimum atomic E-state index is -0.577. The summed E-state index contributed by atoms with van der Waals surface area (Å²) in [7, 11) is 0. The molecule has 0 unspecified atom stereocenters. The highest BCUT2D eigenvalue weighted by Gasteiger charge is 2.23. The molecule has 5 heteroatoms. The Morgan fingerprint density at radius 2 is 2.07 bits per heavy atom. The Hall–Kier alpha value is -0.420. The lowest BCUT2D eigenvalue weighted by atomic mass is 10.2. The number of rotatable bonds is 2. The number of pyridine rings is 1. The molecule has 1 rings (SSSR count). The number of hydrogen-bond donors (Lipinski definition) is 1. The maximum Gasteiger partial charge on any atom is 0.240 e. The predicted octanol–water partition coefficient (Wildman–Crippen LogP) is 3.26. The van der Waals surface area contributed by atoms with Crippen LogP contribution in [-0.4, -0.2) is 15.2 Å². The smallest absolute Gasteiger partial charge is 0.240 e. The first-order valence-corrected chi connectivity index (χ1v) is 6.03. The largest absolute Gasteiger partial charge is 0.323 e. The van der Waals surface area contributed by atoms with Crippen LogP contribution in [0.2, 0.25) is 0 Å². The molecule has 1 heterocycles. The van der Waals surface area contributed by atoms with Crippen molar-refractivity contribution < 1.29 is 4.79 Å². The summed E-state index contributed by atoms with van der Waals surface area (Å²) in [6, 6.07) is 3.62. The molecule has 0 saturated heterocycles. The zero-order valence-electron chi connectivity index (χ0n) is 8.77. The van der Waals surface area contributed by atoms with Crippen LogP contribution in [0.15, 0.2) is 16.7 Å². The number of nitrogens with zero attached hydrogens (tertiary/aromatic N) is 1. The lowest BCUT2D eigenvalue weighted by molar-refractivity contribution is -0.117. The fourth-order valence-electron chi connectivity index (χ4n) is 0.933. The summed E-state index contributed by atoms with van der Waals surface area (Å²) in [5, 5.41) is 2.81. The van der Waals surface area contributed by atoms with Gasteiger partial charge in [0.2, 0.25) is 5.91 Å². The zero-order valence-corrected chi connectivity index (χ0v) is 11.9. The van der Waals surface area contributed by atoms with Crippen molar-refractivity contribution in [2.75, 3.05) is 5.32 Å². The molecule has 0 bridgehead atoms. The standard InChI is InChI=1S/C10H12Br2N2O/c1-6-7(4-5-8(11)13-6)14-9(15)10(2,3)12/h4-5H,1-3H3,(H,14,15). The highest BCUT2D eigenvalue weighted by atomic mass is 79.9. The third-order valence-corrected chi connectivity index (χ3v) is 2.64. The molecule has 3 nitrogen and oxygen atoms in total. The molecule has 0 saturated carbocycles. The summed E-state index contributed by atoms with van der Waals surface area (Å²) in [4.78, 5) is 15.9. The van der Waals surface area contributed by atoms with Gasteiger partial charge in [0, 0.05) is 0 Å².